The average Bonchev–Trinajstić information content (AvgIpc) is 2.74. The molecule has 0 aromatic heterocycles. The van der Waals surface area contributed by atoms with Crippen LogP contribution in [0.5, 0.6) is 0 Å². The molecule has 2 aromatic rings. The molecule has 0 spiro atoms. The maximum Gasteiger partial charge on any atom is 0.161 e. The van der Waals surface area contributed by atoms with E-state index in [2.05, 4.69) is 6.07 Å². The van der Waals surface area contributed by atoms with Crippen molar-refractivity contribution >= 4 is 23.2 Å². The first-order valence-electron chi connectivity index (χ1n) is 9.72. The summed E-state index contributed by atoms with van der Waals surface area (Å²) in [6.07, 6.45) is 4.11. The third-order valence-electron chi connectivity index (χ3n) is 5.65. The first-order valence-corrected chi connectivity index (χ1v) is 10.9. The summed E-state index contributed by atoms with van der Waals surface area (Å²) in [6, 6.07) is 18.4. The van der Waals surface area contributed by atoms with E-state index < -0.39 is 5.92 Å². The highest BCUT2D eigenvalue weighted by atomic mass is 32.2. The van der Waals surface area contributed by atoms with Gasteiger partial charge in [0.05, 0.1) is 17.6 Å². The number of nitrogens with zero attached hydrogens (tertiary/aromatic N) is 2. The number of hydrogen-bond donors (Lipinski definition) is 1. The van der Waals surface area contributed by atoms with Crippen molar-refractivity contribution in [3.63, 3.8) is 0 Å². The van der Waals surface area contributed by atoms with Crippen molar-refractivity contribution in [2.24, 2.45) is 5.73 Å². The van der Waals surface area contributed by atoms with E-state index in [4.69, 9.17) is 5.73 Å². The zero-order valence-corrected chi connectivity index (χ0v) is 17.4. The summed E-state index contributed by atoms with van der Waals surface area (Å²) < 4.78 is 0. The molecule has 2 aliphatic rings. The molecule has 1 aliphatic carbocycles. The van der Waals surface area contributed by atoms with Crippen LogP contribution < -0.4 is 10.6 Å². The number of aryl methyl sites for hydroxylation is 1. The van der Waals surface area contributed by atoms with Gasteiger partial charge in [-0.15, -0.1) is 11.8 Å². The van der Waals surface area contributed by atoms with Gasteiger partial charge in [-0.2, -0.15) is 5.26 Å². The van der Waals surface area contributed by atoms with Gasteiger partial charge in [0.2, 0.25) is 0 Å². The topological polar surface area (TPSA) is 70.1 Å². The summed E-state index contributed by atoms with van der Waals surface area (Å²) in [7, 11) is 0. The minimum atomic E-state index is -0.402. The van der Waals surface area contributed by atoms with Crippen LogP contribution in [0.1, 0.15) is 36.3 Å². The summed E-state index contributed by atoms with van der Waals surface area (Å²) in [5.74, 6) is 0.131. The van der Waals surface area contributed by atoms with Crippen molar-refractivity contribution in [3.05, 3.63) is 82.3 Å². The number of carbonyl (C=O) groups excluding carboxylic acids is 1. The van der Waals surface area contributed by atoms with E-state index in [1.165, 1.54) is 0 Å². The van der Waals surface area contributed by atoms with E-state index >= 15 is 0 Å². The van der Waals surface area contributed by atoms with Gasteiger partial charge in [-0.1, -0.05) is 29.8 Å². The zero-order chi connectivity index (χ0) is 20.5. The van der Waals surface area contributed by atoms with Crippen molar-refractivity contribution in [2.45, 2.75) is 37.0 Å². The Hall–Kier alpha value is -2.97. The van der Waals surface area contributed by atoms with Gasteiger partial charge in [0.15, 0.2) is 5.78 Å². The Labute approximate surface area is 175 Å². The molecular weight excluding hydrogens is 378 g/mol. The Kier molecular flexibility index (Phi) is 5.21. The van der Waals surface area contributed by atoms with Crippen molar-refractivity contribution in [1.29, 1.82) is 5.26 Å². The number of rotatable bonds is 3. The number of Topliss-reactive ketones (excluding diaryl/α,β-unsaturated/α-hetero) is 1. The summed E-state index contributed by atoms with van der Waals surface area (Å²) in [6.45, 7) is 2.03. The molecule has 0 radical (unpaired) electrons. The van der Waals surface area contributed by atoms with E-state index in [0.717, 1.165) is 45.8 Å². The Balaban J connectivity index is 1.92. The van der Waals surface area contributed by atoms with Gasteiger partial charge < -0.3 is 5.73 Å². The summed E-state index contributed by atoms with van der Waals surface area (Å²) in [5, 5.41) is 10.0. The molecular formula is C24H23N3OS. The molecule has 1 unspecified atom stereocenters. The number of hydrogen-bond acceptors (Lipinski definition) is 5. The van der Waals surface area contributed by atoms with Crippen LogP contribution in [0.3, 0.4) is 0 Å². The van der Waals surface area contributed by atoms with Gasteiger partial charge in [0.1, 0.15) is 5.82 Å². The highest BCUT2D eigenvalue weighted by Crippen LogP contribution is 2.46. The number of nitriles is 1. The van der Waals surface area contributed by atoms with Crippen LogP contribution in [0, 0.1) is 18.3 Å². The lowest BCUT2D eigenvalue weighted by Gasteiger charge is -2.39. The third-order valence-corrected chi connectivity index (χ3v) is 6.40. The Morgan fingerprint density at radius 2 is 1.79 bits per heavy atom. The SMILES string of the molecule is CSc1ccc(C2C(C#N)=C(N)N(c3ccc(C)cc3)C3=C2C(=O)CCC3)cc1. The molecule has 0 amide bonds. The number of allylic oxidation sites excluding steroid dienone is 3. The summed E-state index contributed by atoms with van der Waals surface area (Å²) >= 11 is 1.66. The first kappa shape index (κ1) is 19.4. The standard InChI is InChI=1S/C24H23N3OS/c1-15-6-10-17(11-7-15)27-20-4-3-5-21(28)23(20)22(19(14-25)24(27)26)16-8-12-18(29-2)13-9-16/h6-13,22H,3-5,26H2,1-2H3. The maximum absolute atomic E-state index is 13.1. The lowest BCUT2D eigenvalue weighted by Crippen LogP contribution is -2.38. The minimum absolute atomic E-state index is 0.113. The molecule has 29 heavy (non-hydrogen) atoms. The smallest absolute Gasteiger partial charge is 0.161 e. The molecule has 0 fully saturated rings. The number of ketones is 1. The molecule has 5 heteroatoms. The Bertz CT molecular complexity index is 1060. The number of nitrogens with two attached hydrogens (primary N) is 1. The van der Waals surface area contributed by atoms with Crippen LogP contribution in [-0.4, -0.2) is 12.0 Å². The monoisotopic (exact) mass is 401 g/mol. The van der Waals surface area contributed by atoms with Crippen molar-refractivity contribution in [3.8, 4) is 6.07 Å². The van der Waals surface area contributed by atoms with Crippen molar-refractivity contribution < 1.29 is 4.79 Å². The molecule has 146 valence electrons. The van der Waals surface area contributed by atoms with E-state index in [1.54, 1.807) is 11.8 Å². The molecule has 1 atom stereocenters. The van der Waals surface area contributed by atoms with Crippen LogP contribution in [-0.2, 0) is 4.79 Å². The minimum Gasteiger partial charge on any atom is -0.384 e. The van der Waals surface area contributed by atoms with Crippen molar-refractivity contribution in [2.75, 3.05) is 11.2 Å². The number of thioether (sulfide) groups is 1. The Morgan fingerprint density at radius 3 is 2.41 bits per heavy atom. The second-order valence-electron chi connectivity index (χ2n) is 7.42. The zero-order valence-electron chi connectivity index (χ0n) is 16.6. The Morgan fingerprint density at radius 1 is 1.10 bits per heavy atom. The molecule has 4 rings (SSSR count). The number of carbonyl (C=O) groups is 1. The second kappa shape index (κ2) is 7.81. The van der Waals surface area contributed by atoms with Gasteiger partial charge in [-0.05, 0) is 55.9 Å². The van der Waals surface area contributed by atoms with Gasteiger partial charge in [0.25, 0.3) is 0 Å². The molecule has 0 saturated heterocycles. The number of anilines is 1. The van der Waals surface area contributed by atoms with Gasteiger partial charge in [0, 0.05) is 28.3 Å². The second-order valence-corrected chi connectivity index (χ2v) is 8.30. The first-order chi connectivity index (χ1) is 14.0. The molecule has 0 bridgehead atoms. The van der Waals surface area contributed by atoms with E-state index in [1.807, 2.05) is 66.6 Å². The van der Waals surface area contributed by atoms with Crippen LogP contribution in [0.25, 0.3) is 0 Å². The average molecular weight is 402 g/mol. The normalized spacial score (nSPS) is 19.3. The van der Waals surface area contributed by atoms with E-state index in [-0.39, 0.29) is 5.78 Å². The summed E-state index contributed by atoms with van der Waals surface area (Å²) in [5.41, 5.74) is 11.6. The van der Waals surface area contributed by atoms with Crippen LogP contribution in [0.2, 0.25) is 0 Å². The van der Waals surface area contributed by atoms with Crippen LogP contribution in [0.4, 0.5) is 5.69 Å². The lowest BCUT2D eigenvalue weighted by molar-refractivity contribution is -0.116. The molecule has 2 N–H and O–H groups in total. The maximum atomic E-state index is 13.1. The van der Waals surface area contributed by atoms with Crippen LogP contribution in [0.15, 0.2) is 76.1 Å². The molecule has 1 aliphatic heterocycles. The highest BCUT2D eigenvalue weighted by molar-refractivity contribution is 7.98. The van der Waals surface area contributed by atoms with E-state index in [0.29, 0.717) is 17.8 Å². The van der Waals surface area contributed by atoms with Gasteiger partial charge in [-0.25, -0.2) is 0 Å². The fourth-order valence-corrected chi connectivity index (χ4v) is 4.61. The fourth-order valence-electron chi connectivity index (χ4n) is 4.20. The predicted molar refractivity (Wildman–Crippen MR) is 117 cm³/mol. The van der Waals surface area contributed by atoms with Gasteiger partial charge >= 0.3 is 0 Å². The number of benzene rings is 2. The largest absolute Gasteiger partial charge is 0.384 e. The molecule has 0 saturated carbocycles. The highest BCUT2D eigenvalue weighted by Gasteiger charge is 2.40. The fraction of sp³-hybridized carbons (Fsp3) is 0.250. The lowest BCUT2D eigenvalue weighted by atomic mass is 9.75. The molecule has 1 heterocycles. The third kappa shape index (κ3) is 3.34. The van der Waals surface area contributed by atoms with Gasteiger partial charge in [-0.3, -0.25) is 9.69 Å². The molecule has 2 aromatic carbocycles. The summed E-state index contributed by atoms with van der Waals surface area (Å²) in [4.78, 5) is 16.1. The quantitative estimate of drug-likeness (QED) is 0.731. The van der Waals surface area contributed by atoms with Crippen molar-refractivity contribution in [1.82, 2.24) is 0 Å². The predicted octanol–water partition coefficient (Wildman–Crippen LogP) is 5.02. The molecule has 4 nitrogen and oxygen atoms in total. The van der Waals surface area contributed by atoms with Crippen LogP contribution >= 0.6 is 11.8 Å². The van der Waals surface area contributed by atoms with E-state index in [9.17, 15) is 10.1 Å².